The number of methoxy groups -OCH3 is 1. The fourth-order valence-corrected chi connectivity index (χ4v) is 4.49. The second kappa shape index (κ2) is 10.3. The van der Waals surface area contributed by atoms with Crippen LogP contribution < -0.4 is 15.4 Å². The summed E-state index contributed by atoms with van der Waals surface area (Å²) in [6, 6.07) is 14.8. The molecule has 0 bridgehead atoms. The number of nitrogens with zero attached hydrogens (tertiary/aromatic N) is 3. The van der Waals surface area contributed by atoms with Crippen LogP contribution in [0.25, 0.3) is 0 Å². The van der Waals surface area contributed by atoms with Gasteiger partial charge in [0.1, 0.15) is 11.2 Å². The van der Waals surface area contributed by atoms with E-state index in [1.807, 2.05) is 30.3 Å². The first-order chi connectivity index (χ1) is 16.6. The molecule has 0 saturated carbocycles. The number of amides is 2. The van der Waals surface area contributed by atoms with E-state index >= 15 is 0 Å². The highest BCUT2D eigenvalue weighted by Crippen LogP contribution is 2.35. The predicted molar refractivity (Wildman–Crippen MR) is 130 cm³/mol. The number of hydrogen-bond acceptors (Lipinski definition) is 6. The average molecular weight is 460 g/mol. The van der Waals surface area contributed by atoms with Crippen LogP contribution in [0.2, 0.25) is 0 Å². The summed E-state index contributed by atoms with van der Waals surface area (Å²) in [4.78, 5) is 36.9. The van der Waals surface area contributed by atoms with Crippen molar-refractivity contribution in [3.8, 4) is 5.75 Å². The Labute approximate surface area is 199 Å². The Morgan fingerprint density at radius 1 is 1.15 bits per heavy atom. The van der Waals surface area contributed by atoms with E-state index in [1.54, 1.807) is 55.8 Å². The van der Waals surface area contributed by atoms with Gasteiger partial charge in [0.25, 0.3) is 5.91 Å². The lowest BCUT2D eigenvalue weighted by Gasteiger charge is -2.41. The van der Waals surface area contributed by atoms with E-state index < -0.39 is 5.41 Å². The normalized spacial score (nSPS) is 17.6. The Kier molecular flexibility index (Phi) is 7.06. The number of likely N-dealkylation sites (N-methyl/N-ethyl adjacent to an activating group) is 1. The van der Waals surface area contributed by atoms with Crippen molar-refractivity contribution < 1.29 is 14.3 Å². The van der Waals surface area contributed by atoms with Crippen molar-refractivity contribution in [1.82, 2.24) is 20.2 Å². The molecule has 3 aromatic rings. The first-order valence-electron chi connectivity index (χ1n) is 11.3. The molecule has 8 heteroatoms. The van der Waals surface area contributed by atoms with E-state index in [1.165, 1.54) is 0 Å². The number of carbonyl (C=O) groups excluding carboxylic acids is 2. The second-order valence-corrected chi connectivity index (χ2v) is 8.34. The molecular formula is C26H29N5O3. The topological polar surface area (TPSA) is 96.5 Å². The van der Waals surface area contributed by atoms with Crippen molar-refractivity contribution in [2.75, 3.05) is 32.6 Å². The quantitative estimate of drug-likeness (QED) is 0.564. The van der Waals surface area contributed by atoms with Gasteiger partial charge >= 0.3 is 0 Å². The fraction of sp³-hybridized carbons (Fsp3) is 0.308. The molecule has 34 heavy (non-hydrogen) atoms. The van der Waals surface area contributed by atoms with E-state index in [9.17, 15) is 9.59 Å². The van der Waals surface area contributed by atoms with Crippen LogP contribution >= 0.6 is 0 Å². The number of piperidine rings is 1. The molecule has 2 aromatic heterocycles. The van der Waals surface area contributed by atoms with Crippen LogP contribution in [0.1, 0.15) is 34.5 Å². The Balaban J connectivity index is 1.58. The number of carbonyl (C=O) groups is 2. The van der Waals surface area contributed by atoms with Crippen LogP contribution in [-0.4, -0.2) is 53.9 Å². The highest BCUT2D eigenvalue weighted by atomic mass is 16.5. The van der Waals surface area contributed by atoms with Crippen LogP contribution in [0.15, 0.2) is 67.1 Å². The van der Waals surface area contributed by atoms with Crippen LogP contribution in [-0.2, 0) is 16.8 Å². The van der Waals surface area contributed by atoms with Crippen LogP contribution in [0.4, 0.5) is 5.69 Å². The molecule has 0 spiro atoms. The molecule has 1 aliphatic rings. The van der Waals surface area contributed by atoms with Gasteiger partial charge in [0.05, 0.1) is 18.5 Å². The Morgan fingerprint density at radius 2 is 2.03 bits per heavy atom. The van der Waals surface area contributed by atoms with Crippen molar-refractivity contribution in [3.63, 3.8) is 0 Å². The molecule has 3 heterocycles. The van der Waals surface area contributed by atoms with Crippen molar-refractivity contribution >= 4 is 17.5 Å². The zero-order valence-corrected chi connectivity index (χ0v) is 19.5. The third-order valence-electron chi connectivity index (χ3n) is 6.25. The summed E-state index contributed by atoms with van der Waals surface area (Å²) in [5.74, 6) is 0.389. The van der Waals surface area contributed by atoms with Gasteiger partial charge in [-0.1, -0.05) is 12.1 Å². The molecule has 2 amide bonds. The van der Waals surface area contributed by atoms with Crippen molar-refractivity contribution in [2.45, 2.75) is 24.8 Å². The Hall–Kier alpha value is -3.94. The van der Waals surface area contributed by atoms with Crippen molar-refractivity contribution in [2.24, 2.45) is 0 Å². The van der Waals surface area contributed by atoms with Crippen molar-refractivity contribution in [1.29, 1.82) is 0 Å². The number of pyridine rings is 2. The summed E-state index contributed by atoms with van der Waals surface area (Å²) >= 11 is 0. The monoisotopic (exact) mass is 459 g/mol. The van der Waals surface area contributed by atoms with Gasteiger partial charge in [-0.2, -0.15) is 0 Å². The summed E-state index contributed by atoms with van der Waals surface area (Å²) in [6.45, 7) is 1.40. The van der Waals surface area contributed by atoms with Gasteiger partial charge in [-0.25, -0.2) is 0 Å². The highest BCUT2D eigenvalue weighted by molar-refractivity contribution is 5.97. The minimum atomic E-state index is -0.877. The summed E-state index contributed by atoms with van der Waals surface area (Å²) < 4.78 is 5.49. The van der Waals surface area contributed by atoms with E-state index in [2.05, 4.69) is 20.6 Å². The first-order valence-corrected chi connectivity index (χ1v) is 11.3. The SMILES string of the molecule is CNC(=O)C1(c2ccccn2)CCCN(C(=O)c2ccc(OC)c(NCc3cccnc3)c2)C1. The molecule has 4 rings (SSSR count). The van der Waals surface area contributed by atoms with E-state index in [4.69, 9.17) is 4.74 Å². The van der Waals surface area contributed by atoms with Gasteiger partial charge in [-0.3, -0.25) is 19.6 Å². The van der Waals surface area contributed by atoms with Gasteiger partial charge in [0, 0.05) is 50.8 Å². The smallest absolute Gasteiger partial charge is 0.253 e. The fourth-order valence-electron chi connectivity index (χ4n) is 4.49. The summed E-state index contributed by atoms with van der Waals surface area (Å²) in [7, 11) is 3.22. The number of benzene rings is 1. The molecule has 1 fully saturated rings. The molecule has 1 aromatic carbocycles. The van der Waals surface area contributed by atoms with Crippen molar-refractivity contribution in [3.05, 3.63) is 83.9 Å². The summed E-state index contributed by atoms with van der Waals surface area (Å²) in [5.41, 5.74) is 2.07. The predicted octanol–water partition coefficient (Wildman–Crippen LogP) is 3.02. The molecule has 1 saturated heterocycles. The van der Waals surface area contributed by atoms with E-state index in [-0.39, 0.29) is 18.4 Å². The molecule has 1 aliphatic heterocycles. The van der Waals surface area contributed by atoms with Crippen LogP contribution in [0.5, 0.6) is 5.75 Å². The van der Waals surface area contributed by atoms with Gasteiger partial charge in [0.15, 0.2) is 0 Å². The molecule has 2 N–H and O–H groups in total. The third kappa shape index (κ3) is 4.71. The number of anilines is 1. The lowest BCUT2D eigenvalue weighted by Crippen LogP contribution is -2.56. The number of hydrogen-bond donors (Lipinski definition) is 2. The molecular weight excluding hydrogens is 430 g/mol. The maximum Gasteiger partial charge on any atom is 0.253 e. The number of ether oxygens (including phenoxy) is 1. The second-order valence-electron chi connectivity index (χ2n) is 8.34. The molecule has 0 radical (unpaired) electrons. The zero-order chi connectivity index (χ0) is 24.0. The highest BCUT2D eigenvalue weighted by Gasteiger charge is 2.45. The standard InChI is InChI=1S/C26H29N5O3/c1-27-25(33)26(23-8-3-4-13-29-23)11-6-14-31(18-26)24(32)20-9-10-22(34-2)21(15-20)30-17-19-7-5-12-28-16-19/h3-5,7-10,12-13,15-16,30H,6,11,14,17-18H2,1-2H3,(H,27,33). The molecule has 1 atom stereocenters. The zero-order valence-electron chi connectivity index (χ0n) is 19.5. The number of likely N-dealkylation sites (tertiary alicyclic amines) is 1. The average Bonchev–Trinajstić information content (AvgIpc) is 2.91. The Bertz CT molecular complexity index is 1140. The van der Waals surface area contributed by atoms with Gasteiger partial charge in [-0.05, 0) is 54.8 Å². The summed E-state index contributed by atoms with van der Waals surface area (Å²) in [6.07, 6.45) is 6.54. The van der Waals surface area contributed by atoms with Gasteiger partial charge < -0.3 is 20.3 Å². The van der Waals surface area contributed by atoms with Gasteiger partial charge in [0.2, 0.25) is 5.91 Å². The molecule has 8 nitrogen and oxygen atoms in total. The lowest BCUT2D eigenvalue weighted by atomic mass is 9.75. The number of rotatable bonds is 7. The third-order valence-corrected chi connectivity index (χ3v) is 6.25. The minimum Gasteiger partial charge on any atom is -0.495 e. The molecule has 0 aliphatic carbocycles. The van der Waals surface area contributed by atoms with Gasteiger partial charge in [-0.15, -0.1) is 0 Å². The minimum absolute atomic E-state index is 0.128. The van der Waals surface area contributed by atoms with Crippen LogP contribution in [0, 0.1) is 0 Å². The largest absolute Gasteiger partial charge is 0.495 e. The molecule has 1 unspecified atom stereocenters. The van der Waals surface area contributed by atoms with Crippen LogP contribution in [0.3, 0.4) is 0 Å². The summed E-state index contributed by atoms with van der Waals surface area (Å²) in [5, 5.41) is 6.12. The maximum atomic E-state index is 13.6. The van der Waals surface area contributed by atoms with E-state index in [0.717, 1.165) is 11.3 Å². The maximum absolute atomic E-state index is 13.6. The lowest BCUT2D eigenvalue weighted by molar-refractivity contribution is -0.128. The molecule has 176 valence electrons. The van der Waals surface area contributed by atoms with E-state index in [0.29, 0.717) is 42.9 Å². The Morgan fingerprint density at radius 3 is 2.74 bits per heavy atom. The number of aromatic nitrogens is 2. The number of nitrogens with one attached hydrogen (secondary N) is 2. The first kappa shape index (κ1) is 23.2.